The second kappa shape index (κ2) is 5.79. The van der Waals surface area contributed by atoms with E-state index in [1.165, 1.54) is 12.8 Å². The summed E-state index contributed by atoms with van der Waals surface area (Å²) in [6, 6.07) is 0. The fourth-order valence-electron chi connectivity index (χ4n) is 3.02. The van der Waals surface area contributed by atoms with Crippen LogP contribution in [-0.2, 0) is 4.74 Å². The first-order valence-electron chi connectivity index (χ1n) is 8.33. The van der Waals surface area contributed by atoms with Crippen LogP contribution >= 0.6 is 0 Å². The van der Waals surface area contributed by atoms with Crippen molar-refractivity contribution in [2.24, 2.45) is 15.8 Å². The summed E-state index contributed by atoms with van der Waals surface area (Å²) >= 11 is 0. The first-order valence-corrected chi connectivity index (χ1v) is 8.33. The van der Waals surface area contributed by atoms with Crippen LogP contribution in [0.15, 0.2) is 4.99 Å². The highest BCUT2D eigenvalue weighted by molar-refractivity contribution is 5.82. The van der Waals surface area contributed by atoms with Gasteiger partial charge in [-0.15, -0.1) is 0 Å². The van der Waals surface area contributed by atoms with Crippen molar-refractivity contribution in [3.8, 4) is 0 Å². The molecule has 4 nitrogen and oxygen atoms in total. The maximum absolute atomic E-state index is 5.24. The van der Waals surface area contributed by atoms with Gasteiger partial charge in [-0.2, -0.15) is 0 Å². The number of nitrogens with one attached hydrogen (secondary N) is 1. The highest BCUT2D eigenvalue weighted by Crippen LogP contribution is 2.50. The van der Waals surface area contributed by atoms with E-state index >= 15 is 0 Å². The minimum absolute atomic E-state index is 0.164. The second-order valence-electron chi connectivity index (χ2n) is 7.94. The number of nitrogens with zero attached hydrogens (tertiary/aromatic N) is 2. The third-order valence-electron chi connectivity index (χ3n) is 5.83. The molecule has 0 bridgehead atoms. The number of guanidine groups is 1. The quantitative estimate of drug-likeness (QED) is 0.605. The molecule has 21 heavy (non-hydrogen) atoms. The Bertz CT molecular complexity index is 397. The smallest absolute Gasteiger partial charge is 0.194 e. The van der Waals surface area contributed by atoms with Gasteiger partial charge in [0.1, 0.15) is 0 Å². The Kier molecular flexibility index (Phi) is 4.57. The molecule has 1 aliphatic heterocycles. The largest absolute Gasteiger partial charge is 0.385 e. The Balaban J connectivity index is 2.01. The predicted molar refractivity (Wildman–Crippen MR) is 88.7 cm³/mol. The topological polar surface area (TPSA) is 36.9 Å². The molecule has 0 aromatic carbocycles. The first-order chi connectivity index (χ1) is 9.78. The number of methoxy groups -OCH3 is 1. The lowest BCUT2D eigenvalue weighted by Crippen LogP contribution is -2.72. The fraction of sp³-hybridized carbons (Fsp3) is 0.941. The lowest BCUT2D eigenvalue weighted by Gasteiger charge is -2.62. The number of hydrogen-bond acceptors (Lipinski definition) is 2. The molecule has 1 saturated heterocycles. The second-order valence-corrected chi connectivity index (χ2v) is 7.94. The van der Waals surface area contributed by atoms with Gasteiger partial charge in [0.2, 0.25) is 0 Å². The number of hydrogen-bond donors (Lipinski definition) is 1. The van der Waals surface area contributed by atoms with E-state index < -0.39 is 0 Å². The van der Waals surface area contributed by atoms with Gasteiger partial charge in [-0.3, -0.25) is 4.99 Å². The molecule has 1 aliphatic carbocycles. The predicted octanol–water partition coefficient (Wildman–Crippen LogP) is 2.89. The molecule has 0 spiro atoms. The highest BCUT2D eigenvalue weighted by Gasteiger charge is 2.54. The summed E-state index contributed by atoms with van der Waals surface area (Å²) in [5.41, 5.74) is 0.926. The molecule has 2 rings (SSSR count). The van der Waals surface area contributed by atoms with Crippen LogP contribution in [0.1, 0.15) is 53.9 Å². The van der Waals surface area contributed by atoms with Gasteiger partial charge in [-0.05, 0) is 45.4 Å². The van der Waals surface area contributed by atoms with Crippen LogP contribution in [0, 0.1) is 10.8 Å². The zero-order valence-corrected chi connectivity index (χ0v) is 14.8. The summed E-state index contributed by atoms with van der Waals surface area (Å²) in [6.07, 6.45) is 3.74. The summed E-state index contributed by atoms with van der Waals surface area (Å²) < 4.78 is 5.24. The van der Waals surface area contributed by atoms with Crippen LogP contribution in [0.25, 0.3) is 0 Å². The minimum Gasteiger partial charge on any atom is -0.385 e. The molecule has 0 aromatic rings. The highest BCUT2D eigenvalue weighted by atomic mass is 16.5. The van der Waals surface area contributed by atoms with Gasteiger partial charge in [0.25, 0.3) is 0 Å². The van der Waals surface area contributed by atoms with Gasteiger partial charge in [-0.25, -0.2) is 0 Å². The molecule has 0 aromatic heterocycles. The standard InChI is InChI=1S/C17H33N3O/c1-7-18-14(20-13-15(2,3)16(20,4)5)19-12-17(8-9-17)10-11-21-6/h7-13H2,1-6H3,(H,18,19). The van der Waals surface area contributed by atoms with Crippen molar-refractivity contribution in [3.63, 3.8) is 0 Å². The monoisotopic (exact) mass is 295 g/mol. The van der Waals surface area contributed by atoms with Crippen LogP contribution in [0.4, 0.5) is 0 Å². The van der Waals surface area contributed by atoms with E-state index in [1.807, 2.05) is 0 Å². The summed E-state index contributed by atoms with van der Waals surface area (Å²) in [7, 11) is 1.79. The van der Waals surface area contributed by atoms with E-state index in [2.05, 4.69) is 44.8 Å². The molecule has 0 radical (unpaired) electrons. The van der Waals surface area contributed by atoms with E-state index in [1.54, 1.807) is 7.11 Å². The van der Waals surface area contributed by atoms with E-state index in [9.17, 15) is 0 Å². The molecule has 1 saturated carbocycles. The molecule has 4 heteroatoms. The lowest BCUT2D eigenvalue weighted by atomic mass is 9.65. The third-order valence-corrected chi connectivity index (χ3v) is 5.83. The van der Waals surface area contributed by atoms with Crippen LogP contribution in [0.5, 0.6) is 0 Å². The molecule has 2 aliphatic rings. The molecule has 122 valence electrons. The first kappa shape index (κ1) is 16.6. The SMILES string of the molecule is CCNC(=NCC1(CCOC)CC1)N1CC(C)(C)C1(C)C. The van der Waals surface area contributed by atoms with Gasteiger partial charge in [0.05, 0.1) is 0 Å². The minimum atomic E-state index is 0.164. The van der Waals surface area contributed by atoms with Crippen LogP contribution in [-0.4, -0.2) is 49.7 Å². The van der Waals surface area contributed by atoms with Crippen molar-refractivity contribution >= 4 is 5.96 Å². The average Bonchev–Trinajstić information content (AvgIpc) is 3.19. The van der Waals surface area contributed by atoms with Crippen LogP contribution in [0.3, 0.4) is 0 Å². The van der Waals surface area contributed by atoms with Gasteiger partial charge >= 0.3 is 0 Å². The number of rotatable bonds is 6. The Morgan fingerprint density at radius 3 is 2.33 bits per heavy atom. The Morgan fingerprint density at radius 1 is 1.24 bits per heavy atom. The number of likely N-dealkylation sites (tertiary alicyclic amines) is 1. The maximum atomic E-state index is 5.24. The van der Waals surface area contributed by atoms with Gasteiger partial charge in [0, 0.05) is 44.3 Å². The van der Waals surface area contributed by atoms with E-state index in [-0.39, 0.29) is 5.54 Å². The van der Waals surface area contributed by atoms with Crippen molar-refractivity contribution in [1.82, 2.24) is 10.2 Å². The molecular weight excluding hydrogens is 262 g/mol. The van der Waals surface area contributed by atoms with Gasteiger partial charge in [-0.1, -0.05) is 13.8 Å². The third kappa shape index (κ3) is 3.20. The maximum Gasteiger partial charge on any atom is 0.194 e. The van der Waals surface area contributed by atoms with Crippen LogP contribution < -0.4 is 5.32 Å². The summed E-state index contributed by atoms with van der Waals surface area (Å²) in [5, 5.41) is 3.48. The molecule has 0 amide bonds. The molecule has 1 N–H and O–H groups in total. The molecule has 2 fully saturated rings. The Labute approximate surface area is 130 Å². The normalized spacial score (nSPS) is 25.4. The molecular formula is C17H33N3O. The summed E-state index contributed by atoms with van der Waals surface area (Å²) in [5.74, 6) is 1.09. The van der Waals surface area contributed by atoms with E-state index in [0.717, 1.165) is 38.6 Å². The number of ether oxygens (including phenoxy) is 1. The average molecular weight is 295 g/mol. The molecule has 0 unspecified atom stereocenters. The van der Waals surface area contributed by atoms with Crippen molar-refractivity contribution < 1.29 is 4.74 Å². The number of aliphatic imine (C=N–C) groups is 1. The van der Waals surface area contributed by atoms with Gasteiger partial charge in [0.15, 0.2) is 5.96 Å². The van der Waals surface area contributed by atoms with Crippen LogP contribution in [0.2, 0.25) is 0 Å². The summed E-state index contributed by atoms with van der Waals surface area (Å²) in [4.78, 5) is 7.39. The lowest BCUT2D eigenvalue weighted by molar-refractivity contribution is -0.0668. The molecule has 0 atom stereocenters. The van der Waals surface area contributed by atoms with Crippen molar-refractivity contribution in [2.45, 2.75) is 59.4 Å². The van der Waals surface area contributed by atoms with Crippen molar-refractivity contribution in [1.29, 1.82) is 0 Å². The van der Waals surface area contributed by atoms with Gasteiger partial charge < -0.3 is 15.0 Å². The van der Waals surface area contributed by atoms with E-state index in [4.69, 9.17) is 9.73 Å². The molecule has 1 heterocycles. The summed E-state index contributed by atoms with van der Waals surface area (Å²) in [6.45, 7) is 15.3. The Morgan fingerprint density at radius 2 is 1.90 bits per heavy atom. The zero-order valence-electron chi connectivity index (χ0n) is 14.8. The van der Waals surface area contributed by atoms with Crippen molar-refractivity contribution in [3.05, 3.63) is 0 Å². The van der Waals surface area contributed by atoms with Crippen molar-refractivity contribution in [2.75, 3.05) is 33.4 Å². The van der Waals surface area contributed by atoms with E-state index in [0.29, 0.717) is 10.8 Å². The fourth-order valence-corrected chi connectivity index (χ4v) is 3.02. The zero-order chi connectivity index (χ0) is 15.7. The Hall–Kier alpha value is -0.770.